The fraction of sp³-hybridized carbons (Fsp3) is 0.300. The van der Waals surface area contributed by atoms with Crippen LogP contribution in [0.1, 0.15) is 23.7 Å². The van der Waals surface area contributed by atoms with Crippen molar-refractivity contribution in [1.29, 1.82) is 0 Å². The Morgan fingerprint density at radius 3 is 2.46 bits per heavy atom. The van der Waals surface area contributed by atoms with Gasteiger partial charge in [0, 0.05) is 18.2 Å². The number of ether oxygens (including phenoxy) is 5. The Hall–Kier alpha value is -3.42. The van der Waals surface area contributed by atoms with Crippen LogP contribution in [0.4, 0.5) is 5.69 Å². The summed E-state index contributed by atoms with van der Waals surface area (Å²) in [6.45, 7) is 2.75. The third-order valence-corrected chi connectivity index (χ3v) is 4.28. The fourth-order valence-electron chi connectivity index (χ4n) is 2.79. The first-order valence-electron chi connectivity index (χ1n) is 8.91. The molecule has 0 saturated carbocycles. The van der Waals surface area contributed by atoms with Crippen LogP contribution in [0, 0.1) is 0 Å². The van der Waals surface area contributed by atoms with Crippen molar-refractivity contribution in [3.8, 4) is 23.0 Å². The van der Waals surface area contributed by atoms with E-state index in [0.29, 0.717) is 41.9 Å². The summed E-state index contributed by atoms with van der Waals surface area (Å²) in [4.78, 5) is 24.7. The fourth-order valence-corrected chi connectivity index (χ4v) is 2.79. The van der Waals surface area contributed by atoms with Crippen LogP contribution in [-0.2, 0) is 9.53 Å². The molecular weight excluding hydrogens is 366 g/mol. The molecule has 4 rings (SSSR count). The molecule has 0 radical (unpaired) electrons. The zero-order valence-electron chi connectivity index (χ0n) is 15.2. The molecule has 1 N–H and O–H groups in total. The Morgan fingerprint density at radius 2 is 1.61 bits per heavy atom. The molecule has 8 nitrogen and oxygen atoms in total. The summed E-state index contributed by atoms with van der Waals surface area (Å²) in [5, 5.41) is 2.71. The number of carbonyl (C=O) groups excluding carboxylic acids is 2. The van der Waals surface area contributed by atoms with Crippen LogP contribution in [-0.4, -0.2) is 38.0 Å². The van der Waals surface area contributed by atoms with Gasteiger partial charge < -0.3 is 29.0 Å². The monoisotopic (exact) mass is 385 g/mol. The minimum Gasteiger partial charge on any atom is -0.490 e. The third-order valence-electron chi connectivity index (χ3n) is 4.28. The second kappa shape index (κ2) is 7.67. The molecule has 28 heavy (non-hydrogen) atoms. The summed E-state index contributed by atoms with van der Waals surface area (Å²) in [7, 11) is 0. The molecule has 0 bridgehead atoms. The Balaban J connectivity index is 1.38. The maximum atomic E-state index is 12.4. The van der Waals surface area contributed by atoms with Crippen LogP contribution in [0.3, 0.4) is 0 Å². The van der Waals surface area contributed by atoms with Crippen LogP contribution in [0.5, 0.6) is 23.0 Å². The molecule has 1 unspecified atom stereocenters. The van der Waals surface area contributed by atoms with E-state index >= 15 is 0 Å². The Bertz CT molecular complexity index is 911. The molecule has 2 aliphatic rings. The summed E-state index contributed by atoms with van der Waals surface area (Å²) in [6.07, 6.45) is -0.197. The molecule has 2 aromatic rings. The Morgan fingerprint density at radius 1 is 0.929 bits per heavy atom. The van der Waals surface area contributed by atoms with Gasteiger partial charge in [-0.25, -0.2) is 4.79 Å². The molecule has 8 heteroatoms. The molecule has 2 aliphatic heterocycles. The van der Waals surface area contributed by atoms with Crippen molar-refractivity contribution in [2.24, 2.45) is 0 Å². The highest BCUT2D eigenvalue weighted by atomic mass is 16.7. The second-order valence-electron chi connectivity index (χ2n) is 6.32. The molecule has 0 aliphatic carbocycles. The zero-order valence-corrected chi connectivity index (χ0v) is 15.2. The van der Waals surface area contributed by atoms with Crippen LogP contribution in [0.25, 0.3) is 0 Å². The Kier molecular flexibility index (Phi) is 4.92. The van der Waals surface area contributed by atoms with Crippen molar-refractivity contribution in [3.05, 3.63) is 42.0 Å². The van der Waals surface area contributed by atoms with E-state index in [2.05, 4.69) is 5.32 Å². The molecular formula is C20H19NO7. The SMILES string of the molecule is CC(OC(=O)c1ccc2c(c1)OCO2)C(=O)Nc1ccc2c(c1)OCCCO2. The van der Waals surface area contributed by atoms with Gasteiger partial charge in [-0.3, -0.25) is 4.79 Å². The number of anilines is 1. The minimum atomic E-state index is -0.992. The average molecular weight is 385 g/mol. The average Bonchev–Trinajstić information content (AvgIpc) is 3.04. The third kappa shape index (κ3) is 3.80. The number of nitrogens with one attached hydrogen (secondary N) is 1. The van der Waals surface area contributed by atoms with Gasteiger partial charge in [0.2, 0.25) is 6.79 Å². The van der Waals surface area contributed by atoms with Crippen molar-refractivity contribution >= 4 is 17.6 Å². The van der Waals surface area contributed by atoms with E-state index in [1.165, 1.54) is 13.0 Å². The summed E-state index contributed by atoms with van der Waals surface area (Å²) >= 11 is 0. The number of amides is 1. The van der Waals surface area contributed by atoms with Crippen molar-refractivity contribution in [2.75, 3.05) is 25.3 Å². The number of hydrogen-bond donors (Lipinski definition) is 1. The van der Waals surface area contributed by atoms with E-state index in [0.717, 1.165) is 6.42 Å². The van der Waals surface area contributed by atoms with E-state index in [1.54, 1.807) is 30.3 Å². The Labute approximate surface area is 161 Å². The van der Waals surface area contributed by atoms with Gasteiger partial charge in [0.05, 0.1) is 18.8 Å². The van der Waals surface area contributed by atoms with E-state index in [9.17, 15) is 9.59 Å². The predicted octanol–water partition coefficient (Wildman–Crippen LogP) is 2.76. The molecule has 1 atom stereocenters. The second-order valence-corrected chi connectivity index (χ2v) is 6.32. The standard InChI is InChI=1S/C20H19NO7/c1-12(28-20(23)13-3-5-16-17(9-13)27-11-26-16)19(22)21-14-4-6-15-18(10-14)25-8-2-7-24-15/h3-6,9-10,12H,2,7-8,11H2,1H3,(H,21,22). The molecule has 0 saturated heterocycles. The summed E-state index contributed by atoms with van der Waals surface area (Å²) < 4.78 is 26.9. The van der Waals surface area contributed by atoms with Gasteiger partial charge in [-0.1, -0.05) is 0 Å². The maximum absolute atomic E-state index is 12.4. The first-order valence-corrected chi connectivity index (χ1v) is 8.91. The topological polar surface area (TPSA) is 92.3 Å². The number of benzene rings is 2. The quantitative estimate of drug-likeness (QED) is 0.809. The van der Waals surface area contributed by atoms with Crippen LogP contribution in [0.2, 0.25) is 0 Å². The van der Waals surface area contributed by atoms with Crippen LogP contribution >= 0.6 is 0 Å². The van der Waals surface area contributed by atoms with Gasteiger partial charge in [-0.05, 0) is 37.3 Å². The first-order chi connectivity index (χ1) is 13.6. The highest BCUT2D eigenvalue weighted by Crippen LogP contribution is 2.33. The van der Waals surface area contributed by atoms with Crippen molar-refractivity contribution in [2.45, 2.75) is 19.4 Å². The van der Waals surface area contributed by atoms with Crippen molar-refractivity contribution < 1.29 is 33.3 Å². The molecule has 0 aromatic heterocycles. The smallest absolute Gasteiger partial charge is 0.339 e. The lowest BCUT2D eigenvalue weighted by molar-refractivity contribution is -0.123. The summed E-state index contributed by atoms with van der Waals surface area (Å²) in [6, 6.07) is 9.84. The van der Waals surface area contributed by atoms with Gasteiger partial charge in [-0.15, -0.1) is 0 Å². The van der Waals surface area contributed by atoms with Gasteiger partial charge in [0.25, 0.3) is 5.91 Å². The highest BCUT2D eigenvalue weighted by Gasteiger charge is 2.22. The van der Waals surface area contributed by atoms with Crippen LogP contribution in [0.15, 0.2) is 36.4 Å². The highest BCUT2D eigenvalue weighted by molar-refractivity contribution is 5.97. The van der Waals surface area contributed by atoms with E-state index in [4.69, 9.17) is 23.7 Å². The van der Waals surface area contributed by atoms with Gasteiger partial charge >= 0.3 is 5.97 Å². The molecule has 1 amide bonds. The molecule has 146 valence electrons. The molecule has 2 aromatic carbocycles. The number of carbonyl (C=O) groups is 2. The molecule has 0 fully saturated rings. The van der Waals surface area contributed by atoms with Crippen molar-refractivity contribution in [1.82, 2.24) is 0 Å². The van der Waals surface area contributed by atoms with Crippen LogP contribution < -0.4 is 24.3 Å². The van der Waals surface area contributed by atoms with E-state index in [1.807, 2.05) is 0 Å². The predicted molar refractivity (Wildman–Crippen MR) is 98.1 cm³/mol. The molecule has 2 heterocycles. The maximum Gasteiger partial charge on any atom is 0.339 e. The lowest BCUT2D eigenvalue weighted by Gasteiger charge is -2.15. The van der Waals surface area contributed by atoms with Crippen molar-refractivity contribution in [3.63, 3.8) is 0 Å². The molecule has 0 spiro atoms. The zero-order chi connectivity index (χ0) is 19.5. The number of esters is 1. The van der Waals surface area contributed by atoms with Gasteiger partial charge in [-0.2, -0.15) is 0 Å². The lowest BCUT2D eigenvalue weighted by Crippen LogP contribution is -2.30. The first kappa shape index (κ1) is 18.0. The summed E-state index contributed by atoms with van der Waals surface area (Å²) in [5.74, 6) is 1.16. The lowest BCUT2D eigenvalue weighted by atomic mass is 10.2. The number of fused-ring (bicyclic) bond motifs is 2. The minimum absolute atomic E-state index is 0.113. The van der Waals surface area contributed by atoms with Gasteiger partial charge in [0.1, 0.15) is 0 Å². The van der Waals surface area contributed by atoms with E-state index in [-0.39, 0.29) is 12.4 Å². The number of rotatable bonds is 4. The largest absolute Gasteiger partial charge is 0.490 e. The summed E-state index contributed by atoms with van der Waals surface area (Å²) in [5.41, 5.74) is 0.805. The van der Waals surface area contributed by atoms with E-state index < -0.39 is 18.0 Å². The normalized spacial score (nSPS) is 15.3. The number of hydrogen-bond acceptors (Lipinski definition) is 7. The van der Waals surface area contributed by atoms with Gasteiger partial charge in [0.15, 0.2) is 29.1 Å².